The van der Waals surface area contributed by atoms with Gasteiger partial charge in [0, 0.05) is 11.0 Å². The number of benzene rings is 3. The van der Waals surface area contributed by atoms with Gasteiger partial charge >= 0.3 is 0 Å². The molecule has 0 aliphatic rings. The number of rotatable bonds is 7. The van der Waals surface area contributed by atoms with Gasteiger partial charge in [0.05, 0.1) is 17.6 Å². The molecule has 0 radical (unpaired) electrons. The molecule has 1 amide bonds. The van der Waals surface area contributed by atoms with Gasteiger partial charge in [-0.25, -0.2) is 4.98 Å². The molecule has 6 heteroatoms. The van der Waals surface area contributed by atoms with Crippen molar-refractivity contribution in [3.05, 3.63) is 94.7 Å². The van der Waals surface area contributed by atoms with Crippen LogP contribution in [-0.2, 0) is 17.9 Å². The summed E-state index contributed by atoms with van der Waals surface area (Å²) in [5, 5.41) is 2.91. The number of aromatic nitrogens is 2. The van der Waals surface area contributed by atoms with E-state index in [1.54, 1.807) is 0 Å². The second kappa shape index (κ2) is 8.92. The summed E-state index contributed by atoms with van der Waals surface area (Å²) < 4.78 is 8.68. The first-order chi connectivity index (χ1) is 14.2. The van der Waals surface area contributed by atoms with Gasteiger partial charge in [-0.1, -0.05) is 58.4 Å². The highest BCUT2D eigenvalue weighted by molar-refractivity contribution is 9.10. The molecular formula is C23H20BrN3O2. The van der Waals surface area contributed by atoms with Crippen LogP contribution in [0.2, 0.25) is 0 Å². The first kappa shape index (κ1) is 19.2. The summed E-state index contributed by atoms with van der Waals surface area (Å²) in [6.45, 7) is 0.973. The van der Waals surface area contributed by atoms with Gasteiger partial charge in [0.2, 0.25) is 0 Å². The first-order valence-corrected chi connectivity index (χ1v) is 10.1. The maximum absolute atomic E-state index is 12.2. The molecule has 4 aromatic rings. The lowest BCUT2D eigenvalue weighted by Crippen LogP contribution is -2.29. The zero-order valence-electron chi connectivity index (χ0n) is 15.7. The number of fused-ring (bicyclic) bond motifs is 1. The fourth-order valence-electron chi connectivity index (χ4n) is 3.15. The van der Waals surface area contributed by atoms with Gasteiger partial charge in [0.1, 0.15) is 11.6 Å². The number of para-hydroxylation sites is 3. The van der Waals surface area contributed by atoms with Crippen LogP contribution in [0.1, 0.15) is 11.4 Å². The summed E-state index contributed by atoms with van der Waals surface area (Å²) in [7, 11) is 0. The van der Waals surface area contributed by atoms with Crippen LogP contribution in [0, 0.1) is 0 Å². The Morgan fingerprint density at radius 3 is 2.62 bits per heavy atom. The molecule has 1 N–H and O–H groups in total. The van der Waals surface area contributed by atoms with Crippen LogP contribution in [-0.4, -0.2) is 22.1 Å². The van der Waals surface area contributed by atoms with Crippen molar-refractivity contribution in [3.8, 4) is 5.75 Å². The molecule has 0 bridgehead atoms. The molecule has 146 valence electrons. The normalized spacial score (nSPS) is 10.8. The summed E-state index contributed by atoms with van der Waals surface area (Å²) in [4.78, 5) is 17.0. The number of imidazole rings is 1. The van der Waals surface area contributed by atoms with Gasteiger partial charge in [0.15, 0.2) is 6.61 Å². The van der Waals surface area contributed by atoms with Crippen molar-refractivity contribution >= 4 is 32.9 Å². The Balaban J connectivity index is 1.48. The molecule has 0 saturated carbocycles. The van der Waals surface area contributed by atoms with Crippen molar-refractivity contribution in [1.29, 1.82) is 0 Å². The van der Waals surface area contributed by atoms with Crippen molar-refractivity contribution in [3.63, 3.8) is 0 Å². The largest absolute Gasteiger partial charge is 0.484 e. The molecular weight excluding hydrogens is 430 g/mol. The minimum atomic E-state index is -0.185. The molecule has 1 aromatic heterocycles. The van der Waals surface area contributed by atoms with Crippen molar-refractivity contribution in [2.45, 2.75) is 13.1 Å². The number of ether oxygens (including phenoxy) is 1. The average molecular weight is 450 g/mol. The molecule has 0 atom stereocenters. The van der Waals surface area contributed by atoms with Crippen LogP contribution < -0.4 is 10.1 Å². The summed E-state index contributed by atoms with van der Waals surface area (Å²) >= 11 is 3.53. The molecule has 0 spiro atoms. The molecule has 5 nitrogen and oxygen atoms in total. The highest BCUT2D eigenvalue weighted by Gasteiger charge is 2.12. The van der Waals surface area contributed by atoms with Crippen molar-refractivity contribution in [2.75, 3.05) is 6.61 Å². The number of nitrogens with zero attached hydrogens (tertiary/aromatic N) is 2. The van der Waals surface area contributed by atoms with E-state index in [9.17, 15) is 4.79 Å². The zero-order valence-corrected chi connectivity index (χ0v) is 17.3. The Bertz CT molecular complexity index is 1130. The van der Waals surface area contributed by atoms with E-state index in [0.717, 1.165) is 26.9 Å². The minimum absolute atomic E-state index is 0.0319. The minimum Gasteiger partial charge on any atom is -0.484 e. The van der Waals surface area contributed by atoms with E-state index in [-0.39, 0.29) is 12.5 Å². The standard InChI is InChI=1S/C23H20BrN3O2/c24-18-8-6-7-17(13-18)15-27-21-12-5-4-11-20(21)26-22(27)14-25-23(28)16-29-19-9-2-1-3-10-19/h1-13H,14-16H2,(H,25,28). The van der Waals surface area contributed by atoms with Crippen LogP contribution in [0.4, 0.5) is 0 Å². The quantitative estimate of drug-likeness (QED) is 0.450. The smallest absolute Gasteiger partial charge is 0.258 e. The number of amides is 1. The fraction of sp³-hybridized carbons (Fsp3) is 0.130. The number of carbonyl (C=O) groups is 1. The van der Waals surface area contributed by atoms with E-state index in [2.05, 4.69) is 37.9 Å². The summed E-state index contributed by atoms with van der Waals surface area (Å²) in [6.07, 6.45) is 0. The van der Waals surface area contributed by atoms with E-state index in [1.807, 2.05) is 66.7 Å². The van der Waals surface area contributed by atoms with Crippen molar-refractivity contribution in [2.24, 2.45) is 0 Å². The van der Waals surface area contributed by atoms with Crippen LogP contribution in [0.3, 0.4) is 0 Å². The molecule has 29 heavy (non-hydrogen) atoms. The van der Waals surface area contributed by atoms with Gasteiger partial charge in [-0.05, 0) is 42.0 Å². The molecule has 0 saturated heterocycles. The molecule has 1 heterocycles. The van der Waals surface area contributed by atoms with Gasteiger partial charge in [-0.2, -0.15) is 0 Å². The highest BCUT2D eigenvalue weighted by atomic mass is 79.9. The van der Waals surface area contributed by atoms with Gasteiger partial charge < -0.3 is 14.6 Å². The third-order valence-corrected chi connectivity index (χ3v) is 5.01. The second-order valence-electron chi connectivity index (χ2n) is 6.61. The predicted molar refractivity (Wildman–Crippen MR) is 117 cm³/mol. The Hall–Kier alpha value is -3.12. The Kier molecular flexibility index (Phi) is 5.91. The number of nitrogens with one attached hydrogen (secondary N) is 1. The molecule has 4 rings (SSSR count). The van der Waals surface area contributed by atoms with Crippen LogP contribution in [0.25, 0.3) is 11.0 Å². The zero-order chi connectivity index (χ0) is 20.1. The van der Waals surface area contributed by atoms with E-state index < -0.39 is 0 Å². The molecule has 0 aliphatic carbocycles. The Morgan fingerprint density at radius 2 is 1.79 bits per heavy atom. The second-order valence-corrected chi connectivity index (χ2v) is 7.53. The van der Waals surface area contributed by atoms with Crippen LogP contribution in [0.15, 0.2) is 83.3 Å². The van der Waals surface area contributed by atoms with Crippen molar-refractivity contribution in [1.82, 2.24) is 14.9 Å². The number of halogens is 1. The van der Waals surface area contributed by atoms with E-state index in [4.69, 9.17) is 9.72 Å². The Morgan fingerprint density at radius 1 is 1.00 bits per heavy atom. The lowest BCUT2D eigenvalue weighted by molar-refractivity contribution is -0.123. The van der Waals surface area contributed by atoms with Gasteiger partial charge in [0.25, 0.3) is 5.91 Å². The maximum atomic E-state index is 12.2. The number of hydrogen-bond donors (Lipinski definition) is 1. The van der Waals surface area contributed by atoms with Gasteiger partial charge in [-0.15, -0.1) is 0 Å². The third-order valence-electron chi connectivity index (χ3n) is 4.52. The predicted octanol–water partition coefficient (Wildman–Crippen LogP) is 4.54. The monoisotopic (exact) mass is 449 g/mol. The average Bonchev–Trinajstić information content (AvgIpc) is 3.09. The lowest BCUT2D eigenvalue weighted by atomic mass is 10.2. The van der Waals surface area contributed by atoms with E-state index in [0.29, 0.717) is 18.8 Å². The highest BCUT2D eigenvalue weighted by Crippen LogP contribution is 2.20. The maximum Gasteiger partial charge on any atom is 0.258 e. The Labute approximate surface area is 177 Å². The molecule has 0 aliphatic heterocycles. The fourth-order valence-corrected chi connectivity index (χ4v) is 3.60. The molecule has 0 unspecified atom stereocenters. The number of hydrogen-bond acceptors (Lipinski definition) is 3. The summed E-state index contributed by atoms with van der Waals surface area (Å²) in [6, 6.07) is 25.5. The van der Waals surface area contributed by atoms with Crippen molar-refractivity contribution < 1.29 is 9.53 Å². The third kappa shape index (κ3) is 4.84. The topological polar surface area (TPSA) is 56.1 Å². The number of carbonyl (C=O) groups excluding carboxylic acids is 1. The summed E-state index contributed by atoms with van der Waals surface area (Å²) in [5.74, 6) is 1.29. The van der Waals surface area contributed by atoms with Crippen LogP contribution in [0.5, 0.6) is 5.75 Å². The summed E-state index contributed by atoms with van der Waals surface area (Å²) in [5.41, 5.74) is 3.10. The SMILES string of the molecule is O=C(COc1ccccc1)NCc1nc2ccccc2n1Cc1cccc(Br)c1. The molecule has 3 aromatic carbocycles. The van der Waals surface area contributed by atoms with E-state index >= 15 is 0 Å². The van der Waals surface area contributed by atoms with Gasteiger partial charge in [-0.3, -0.25) is 4.79 Å². The lowest BCUT2D eigenvalue weighted by Gasteiger charge is -2.11. The molecule has 0 fully saturated rings. The van der Waals surface area contributed by atoms with Crippen LogP contribution >= 0.6 is 15.9 Å². The first-order valence-electron chi connectivity index (χ1n) is 9.32. The van der Waals surface area contributed by atoms with E-state index in [1.165, 1.54) is 0 Å².